The van der Waals surface area contributed by atoms with E-state index in [1.165, 1.54) is 0 Å². The molecule has 0 aliphatic carbocycles. The largest absolute Gasteiger partial charge is 0.396 e. The first kappa shape index (κ1) is 33.3. The minimum Gasteiger partial charge on any atom is -0.396 e. The Morgan fingerprint density at radius 1 is 0.615 bits per heavy atom. The minimum absolute atomic E-state index is 0. The molecule has 1 aromatic rings. The van der Waals surface area contributed by atoms with Crippen molar-refractivity contribution in [3.05, 3.63) is 34.4 Å². The van der Waals surface area contributed by atoms with E-state index in [-0.39, 0.29) is 26.2 Å². The average molecular weight is 466 g/mol. The molecule has 0 heterocycles. The van der Waals surface area contributed by atoms with Gasteiger partial charge in [-0.15, -0.1) is 0 Å². The summed E-state index contributed by atoms with van der Waals surface area (Å²) in [6.07, 6.45) is 2.62. The molecule has 0 bridgehead atoms. The van der Waals surface area contributed by atoms with Gasteiger partial charge in [-0.25, -0.2) is 17.6 Å². The van der Waals surface area contributed by atoms with Crippen LogP contribution in [-0.4, -0.2) is 40.2 Å². The molecule has 0 aliphatic rings. The summed E-state index contributed by atoms with van der Waals surface area (Å²) in [5, 5.41) is 32.1. The van der Waals surface area contributed by atoms with Gasteiger partial charge in [0.1, 0.15) is 0 Å². The van der Waals surface area contributed by atoms with E-state index < -0.39 is 41.0 Å². The van der Waals surface area contributed by atoms with Crippen molar-refractivity contribution in [3.8, 4) is 0 Å². The third-order valence-electron chi connectivity index (χ3n) is 2.40. The number of hydrogen-bond acceptors (Lipinski definition) is 4. The van der Waals surface area contributed by atoms with Gasteiger partial charge in [-0.3, -0.25) is 0 Å². The van der Waals surface area contributed by atoms with E-state index in [0.29, 0.717) is 19.8 Å². The molecule has 1 rings (SSSR count). The van der Waals surface area contributed by atoms with Gasteiger partial charge in [0.15, 0.2) is 23.3 Å². The third kappa shape index (κ3) is 14.8. The standard InChI is InChI=1S/C8H6F4O.3C3H8O.Zr/c1-3-5(9)7(11)4(2-13)8(12)6(3)10;3*1-2-3-4;/h13H,2H2,1H3;3*4H,2-3H2,1H3;. The molecular formula is C17H30F4O4Zr. The molecule has 26 heavy (non-hydrogen) atoms. The maximum atomic E-state index is 12.8. The van der Waals surface area contributed by atoms with Gasteiger partial charge in [-0.1, -0.05) is 20.8 Å². The van der Waals surface area contributed by atoms with Crippen LogP contribution in [0.25, 0.3) is 0 Å². The van der Waals surface area contributed by atoms with Crippen molar-refractivity contribution in [2.45, 2.75) is 53.6 Å². The van der Waals surface area contributed by atoms with E-state index in [1.807, 2.05) is 20.8 Å². The Morgan fingerprint density at radius 3 is 1.00 bits per heavy atom. The van der Waals surface area contributed by atoms with Crippen LogP contribution < -0.4 is 0 Å². The fraction of sp³-hybridized carbons (Fsp3) is 0.647. The van der Waals surface area contributed by atoms with Crippen LogP contribution in [0.15, 0.2) is 0 Å². The molecule has 0 atom stereocenters. The van der Waals surface area contributed by atoms with Crippen LogP contribution in [0.4, 0.5) is 17.6 Å². The molecule has 0 aromatic heterocycles. The zero-order chi connectivity index (χ0) is 20.4. The Balaban J connectivity index is -0.000000155. The second-order valence-corrected chi connectivity index (χ2v) is 4.69. The first-order chi connectivity index (χ1) is 11.7. The van der Waals surface area contributed by atoms with Crippen LogP contribution in [0.3, 0.4) is 0 Å². The van der Waals surface area contributed by atoms with Crippen molar-refractivity contribution >= 4 is 0 Å². The van der Waals surface area contributed by atoms with Gasteiger partial charge in [0.25, 0.3) is 0 Å². The Labute approximate surface area is 172 Å². The van der Waals surface area contributed by atoms with E-state index in [9.17, 15) is 17.6 Å². The predicted octanol–water partition coefficient (Wildman–Crippen LogP) is 3.21. The maximum absolute atomic E-state index is 12.8. The van der Waals surface area contributed by atoms with Gasteiger partial charge < -0.3 is 20.4 Å². The molecule has 0 amide bonds. The Kier molecular flexibility index (Phi) is 29.0. The van der Waals surface area contributed by atoms with Gasteiger partial charge in [0.2, 0.25) is 0 Å². The summed E-state index contributed by atoms with van der Waals surface area (Å²) in [4.78, 5) is 0. The van der Waals surface area contributed by atoms with Gasteiger partial charge in [0, 0.05) is 51.6 Å². The van der Waals surface area contributed by atoms with E-state index in [0.717, 1.165) is 26.2 Å². The molecule has 0 unspecified atom stereocenters. The van der Waals surface area contributed by atoms with Crippen LogP contribution in [0.1, 0.15) is 51.2 Å². The fourth-order valence-electron chi connectivity index (χ4n) is 0.926. The van der Waals surface area contributed by atoms with E-state index in [4.69, 9.17) is 20.4 Å². The Hall–Kier alpha value is -0.337. The van der Waals surface area contributed by atoms with E-state index in [2.05, 4.69) is 0 Å². The molecule has 1 aromatic carbocycles. The second-order valence-electron chi connectivity index (χ2n) is 4.69. The van der Waals surface area contributed by atoms with Crippen molar-refractivity contribution in [1.29, 1.82) is 0 Å². The molecule has 0 radical (unpaired) electrons. The van der Waals surface area contributed by atoms with Gasteiger partial charge in [-0.05, 0) is 26.2 Å². The third-order valence-corrected chi connectivity index (χ3v) is 2.40. The quantitative estimate of drug-likeness (QED) is 0.407. The van der Waals surface area contributed by atoms with Crippen LogP contribution >= 0.6 is 0 Å². The number of rotatable bonds is 4. The molecule has 4 N–H and O–H groups in total. The summed E-state index contributed by atoms with van der Waals surface area (Å²) in [6, 6.07) is 0. The van der Waals surface area contributed by atoms with Crippen molar-refractivity contribution in [2.75, 3.05) is 19.8 Å². The van der Waals surface area contributed by atoms with Crippen molar-refractivity contribution in [2.24, 2.45) is 0 Å². The number of halogens is 4. The van der Waals surface area contributed by atoms with Gasteiger partial charge >= 0.3 is 0 Å². The monoisotopic (exact) mass is 464 g/mol. The summed E-state index contributed by atoms with van der Waals surface area (Å²) >= 11 is 0. The normalized spacial score (nSPS) is 8.77. The number of hydrogen-bond donors (Lipinski definition) is 4. The number of aliphatic hydroxyl groups is 4. The minimum atomic E-state index is -1.54. The van der Waals surface area contributed by atoms with E-state index >= 15 is 0 Å². The second kappa shape index (κ2) is 22.7. The predicted molar refractivity (Wildman–Crippen MR) is 89.1 cm³/mol. The zero-order valence-corrected chi connectivity index (χ0v) is 18.2. The number of aliphatic hydroxyl groups excluding tert-OH is 4. The topological polar surface area (TPSA) is 80.9 Å². The Morgan fingerprint density at radius 2 is 0.846 bits per heavy atom. The van der Waals surface area contributed by atoms with E-state index in [1.54, 1.807) is 0 Å². The summed E-state index contributed by atoms with van der Waals surface area (Å²) in [6.45, 7) is 6.59. The molecule has 0 saturated heterocycles. The van der Waals surface area contributed by atoms with Crippen molar-refractivity contribution < 1.29 is 64.2 Å². The fourth-order valence-corrected chi connectivity index (χ4v) is 0.926. The molecule has 0 saturated carbocycles. The van der Waals surface area contributed by atoms with Crippen molar-refractivity contribution in [1.82, 2.24) is 0 Å². The molecule has 9 heteroatoms. The van der Waals surface area contributed by atoms with Crippen molar-refractivity contribution in [3.63, 3.8) is 0 Å². The smallest absolute Gasteiger partial charge is 0.167 e. The number of benzene rings is 1. The summed E-state index contributed by atoms with van der Waals surface area (Å²) < 4.78 is 51.0. The molecule has 154 valence electrons. The molecule has 0 aliphatic heterocycles. The van der Waals surface area contributed by atoms with Crippen LogP contribution in [0.5, 0.6) is 0 Å². The maximum Gasteiger partial charge on any atom is 0.167 e. The Bertz CT molecular complexity index is 405. The first-order valence-corrected chi connectivity index (χ1v) is 8.00. The first-order valence-electron chi connectivity index (χ1n) is 8.00. The molecule has 0 fully saturated rings. The zero-order valence-electron chi connectivity index (χ0n) is 15.8. The average Bonchev–Trinajstić information content (AvgIpc) is 2.65. The summed E-state index contributed by atoms with van der Waals surface area (Å²) in [5.74, 6) is -6.02. The molecule has 4 nitrogen and oxygen atoms in total. The van der Waals surface area contributed by atoms with Crippen LogP contribution in [0.2, 0.25) is 0 Å². The van der Waals surface area contributed by atoms with Gasteiger partial charge in [-0.2, -0.15) is 0 Å². The SMILES string of the molecule is CCCO.CCCO.CCCO.Cc1c(F)c(F)c(CO)c(F)c1F.[Zr]. The molecular weight excluding hydrogens is 435 g/mol. The summed E-state index contributed by atoms with van der Waals surface area (Å²) in [5.41, 5.74) is -1.72. The van der Waals surface area contributed by atoms with Gasteiger partial charge in [0.05, 0.1) is 12.2 Å². The van der Waals surface area contributed by atoms with Crippen LogP contribution in [-0.2, 0) is 32.8 Å². The van der Waals surface area contributed by atoms with Crippen LogP contribution in [0, 0.1) is 30.2 Å². The summed E-state index contributed by atoms with van der Waals surface area (Å²) in [7, 11) is 0. The molecule has 0 spiro atoms.